The number of fused-ring (bicyclic) bond motifs is 3. The van der Waals surface area contributed by atoms with Gasteiger partial charge in [-0.3, -0.25) is 0 Å². The van der Waals surface area contributed by atoms with E-state index in [1.165, 1.54) is 4.88 Å². The van der Waals surface area contributed by atoms with Crippen LogP contribution in [0.3, 0.4) is 0 Å². The van der Waals surface area contributed by atoms with Gasteiger partial charge in [0.1, 0.15) is 16.5 Å². The molecule has 0 aliphatic heterocycles. The van der Waals surface area contributed by atoms with E-state index < -0.39 is 18.8 Å². The molecule has 2 N–H and O–H groups in total. The molecule has 0 fully saturated rings. The van der Waals surface area contributed by atoms with E-state index >= 15 is 0 Å². The molecule has 0 saturated heterocycles. The number of rotatable bonds is 3. The number of aryl methyl sites for hydroxylation is 3. The molecule has 2 aromatic rings. The zero-order chi connectivity index (χ0) is 15.2. The summed E-state index contributed by atoms with van der Waals surface area (Å²) < 4.78 is 37.2. The first-order valence-corrected chi connectivity index (χ1v) is 7.45. The van der Waals surface area contributed by atoms with E-state index in [0.717, 1.165) is 35.0 Å². The molecule has 21 heavy (non-hydrogen) atoms. The Morgan fingerprint density at radius 3 is 2.81 bits per heavy atom. The van der Waals surface area contributed by atoms with Crippen molar-refractivity contribution < 1.29 is 18.3 Å². The van der Waals surface area contributed by atoms with Gasteiger partial charge in [-0.1, -0.05) is 0 Å². The van der Waals surface area contributed by atoms with Crippen LogP contribution in [-0.4, -0.2) is 33.9 Å². The molecule has 1 aliphatic rings. The first kappa shape index (κ1) is 14.5. The van der Waals surface area contributed by atoms with Crippen molar-refractivity contribution in [3.8, 4) is 0 Å². The van der Waals surface area contributed by atoms with E-state index in [1.54, 1.807) is 18.3 Å². The molecular weight excluding hydrogens is 303 g/mol. The average Bonchev–Trinajstić information content (AvgIpc) is 2.93. The van der Waals surface area contributed by atoms with Gasteiger partial charge in [0.15, 0.2) is 6.10 Å². The van der Waals surface area contributed by atoms with E-state index in [-0.39, 0.29) is 0 Å². The lowest BCUT2D eigenvalue weighted by Gasteiger charge is -2.16. The smallest absolute Gasteiger partial charge is 0.382 e. The van der Waals surface area contributed by atoms with Gasteiger partial charge in [-0.05, 0) is 31.7 Å². The molecule has 0 bridgehead atoms. The van der Waals surface area contributed by atoms with Gasteiger partial charge < -0.3 is 10.4 Å². The predicted molar refractivity (Wildman–Crippen MR) is 74.7 cm³/mol. The quantitative estimate of drug-likeness (QED) is 0.914. The zero-order valence-electron chi connectivity index (χ0n) is 11.3. The molecule has 0 unspecified atom stereocenters. The van der Waals surface area contributed by atoms with Gasteiger partial charge in [0, 0.05) is 4.88 Å². The average molecular weight is 317 g/mol. The molecular formula is C13H14F3N3OS. The van der Waals surface area contributed by atoms with Crippen molar-refractivity contribution in [3.63, 3.8) is 0 Å². The molecule has 0 amide bonds. The summed E-state index contributed by atoms with van der Waals surface area (Å²) in [6, 6.07) is 0. The van der Waals surface area contributed by atoms with Crippen LogP contribution in [0.1, 0.15) is 22.7 Å². The van der Waals surface area contributed by atoms with E-state index in [9.17, 15) is 13.2 Å². The van der Waals surface area contributed by atoms with Crippen LogP contribution >= 0.6 is 11.3 Å². The Bertz CT molecular complexity index is 683. The van der Waals surface area contributed by atoms with Crippen LogP contribution in [0.4, 0.5) is 19.0 Å². The van der Waals surface area contributed by atoms with Crippen LogP contribution in [0.15, 0.2) is 0 Å². The van der Waals surface area contributed by atoms with Crippen molar-refractivity contribution in [1.29, 1.82) is 0 Å². The molecule has 2 aromatic heterocycles. The number of nitrogens with one attached hydrogen (secondary N) is 1. The number of aliphatic hydroxyl groups excluding tert-OH is 1. The molecule has 0 radical (unpaired) electrons. The van der Waals surface area contributed by atoms with Gasteiger partial charge in [-0.2, -0.15) is 13.2 Å². The number of halogens is 3. The summed E-state index contributed by atoms with van der Waals surface area (Å²) in [5, 5.41) is 12.6. The van der Waals surface area contributed by atoms with Gasteiger partial charge >= 0.3 is 6.18 Å². The Kier molecular flexibility index (Phi) is 3.53. The fourth-order valence-corrected chi connectivity index (χ4v) is 3.85. The molecule has 114 valence electrons. The molecule has 0 aromatic carbocycles. The Balaban J connectivity index is 1.94. The monoisotopic (exact) mass is 317 g/mol. The minimum Gasteiger partial charge on any atom is -0.382 e. The lowest BCUT2D eigenvalue weighted by molar-refractivity contribution is -0.198. The Hall–Kier alpha value is -1.41. The highest BCUT2D eigenvalue weighted by Crippen LogP contribution is 2.39. The lowest BCUT2D eigenvalue weighted by atomic mass is 10.2. The summed E-state index contributed by atoms with van der Waals surface area (Å²) in [7, 11) is 0. The van der Waals surface area contributed by atoms with Crippen molar-refractivity contribution in [3.05, 3.63) is 16.3 Å². The van der Waals surface area contributed by atoms with Crippen LogP contribution < -0.4 is 5.32 Å². The SMILES string of the molecule is Cc1nc(NC[C@H](O)C(F)(F)F)c2c3c(sc2n1)CCC3. The highest BCUT2D eigenvalue weighted by Gasteiger charge is 2.38. The van der Waals surface area contributed by atoms with E-state index in [1.807, 2.05) is 0 Å². The van der Waals surface area contributed by atoms with Crippen LogP contribution in [0.2, 0.25) is 0 Å². The third-order valence-electron chi connectivity index (χ3n) is 3.52. The molecule has 1 atom stereocenters. The first-order valence-electron chi connectivity index (χ1n) is 6.64. The van der Waals surface area contributed by atoms with Crippen molar-refractivity contribution >= 4 is 27.4 Å². The largest absolute Gasteiger partial charge is 0.416 e. The maximum atomic E-state index is 12.4. The minimum atomic E-state index is -4.63. The lowest BCUT2D eigenvalue weighted by Crippen LogP contribution is -2.35. The summed E-state index contributed by atoms with van der Waals surface area (Å²) in [6.07, 6.45) is -4.10. The minimum absolute atomic E-state index is 0.389. The summed E-state index contributed by atoms with van der Waals surface area (Å²) in [6.45, 7) is 1.09. The third kappa shape index (κ3) is 2.69. The predicted octanol–water partition coefficient (Wildman–Crippen LogP) is 2.82. The number of aromatic nitrogens is 2. The number of hydrogen-bond acceptors (Lipinski definition) is 5. The zero-order valence-corrected chi connectivity index (χ0v) is 12.1. The maximum Gasteiger partial charge on any atom is 0.416 e. The van der Waals surface area contributed by atoms with Crippen molar-refractivity contribution in [2.24, 2.45) is 0 Å². The summed E-state index contributed by atoms with van der Waals surface area (Å²) in [5.74, 6) is 0.895. The molecule has 8 heteroatoms. The first-order chi connectivity index (χ1) is 9.86. The van der Waals surface area contributed by atoms with Crippen molar-refractivity contribution in [1.82, 2.24) is 9.97 Å². The Labute approximate surface area is 123 Å². The van der Waals surface area contributed by atoms with Gasteiger partial charge in [-0.15, -0.1) is 11.3 Å². The summed E-state index contributed by atoms with van der Waals surface area (Å²) in [4.78, 5) is 10.6. The maximum absolute atomic E-state index is 12.4. The molecule has 3 rings (SSSR count). The van der Waals surface area contributed by atoms with E-state index in [0.29, 0.717) is 11.6 Å². The van der Waals surface area contributed by atoms with Gasteiger partial charge in [-0.25, -0.2) is 9.97 Å². The molecule has 0 spiro atoms. The van der Waals surface area contributed by atoms with Crippen LogP contribution in [0, 0.1) is 6.92 Å². The summed E-state index contributed by atoms with van der Waals surface area (Å²) >= 11 is 1.58. The van der Waals surface area contributed by atoms with Gasteiger partial charge in [0.25, 0.3) is 0 Å². The van der Waals surface area contributed by atoms with Gasteiger partial charge in [0.05, 0.1) is 11.9 Å². The number of thiophene rings is 1. The number of anilines is 1. The molecule has 2 heterocycles. The van der Waals surface area contributed by atoms with Crippen molar-refractivity contribution in [2.75, 3.05) is 11.9 Å². The number of hydrogen-bond donors (Lipinski definition) is 2. The van der Waals surface area contributed by atoms with Gasteiger partial charge in [0.2, 0.25) is 0 Å². The molecule has 1 aliphatic carbocycles. The highest BCUT2D eigenvalue weighted by atomic mass is 32.1. The second-order valence-electron chi connectivity index (χ2n) is 5.10. The van der Waals surface area contributed by atoms with Crippen LogP contribution in [0.25, 0.3) is 10.2 Å². The summed E-state index contributed by atoms with van der Waals surface area (Å²) in [5.41, 5.74) is 1.14. The fourth-order valence-electron chi connectivity index (χ4n) is 2.54. The van der Waals surface area contributed by atoms with E-state index in [2.05, 4.69) is 15.3 Å². The van der Waals surface area contributed by atoms with Crippen molar-refractivity contribution in [2.45, 2.75) is 38.5 Å². The number of aliphatic hydroxyl groups is 1. The Morgan fingerprint density at radius 2 is 2.10 bits per heavy atom. The number of alkyl halides is 3. The molecule has 4 nitrogen and oxygen atoms in total. The topological polar surface area (TPSA) is 58.0 Å². The second-order valence-corrected chi connectivity index (χ2v) is 6.18. The standard InChI is InChI=1S/C13H14F3N3OS/c1-6-18-11(17-5-9(20)13(14,15)16)10-7-3-2-4-8(7)21-12(10)19-6/h9,20H,2-5H2,1H3,(H,17,18,19)/t9-/m0/s1. The number of nitrogens with zero attached hydrogens (tertiary/aromatic N) is 2. The fraction of sp³-hybridized carbons (Fsp3) is 0.538. The normalized spacial score (nSPS) is 16.2. The van der Waals surface area contributed by atoms with E-state index in [4.69, 9.17) is 5.11 Å². The van der Waals surface area contributed by atoms with Crippen LogP contribution in [0.5, 0.6) is 0 Å². The third-order valence-corrected chi connectivity index (χ3v) is 4.70. The molecule has 0 saturated carbocycles. The Morgan fingerprint density at radius 1 is 1.33 bits per heavy atom. The second kappa shape index (κ2) is 5.10. The van der Waals surface area contributed by atoms with Crippen LogP contribution in [-0.2, 0) is 12.8 Å². The highest BCUT2D eigenvalue weighted by molar-refractivity contribution is 7.19.